The fourth-order valence-electron chi connectivity index (χ4n) is 4.19. The lowest BCUT2D eigenvalue weighted by atomic mass is 9.95. The highest BCUT2D eigenvalue weighted by Crippen LogP contribution is 2.34. The van der Waals surface area contributed by atoms with Crippen molar-refractivity contribution in [2.45, 2.75) is 40.7 Å². The number of aromatic nitrogens is 1. The summed E-state index contributed by atoms with van der Waals surface area (Å²) in [5.74, 6) is 0.757. The van der Waals surface area contributed by atoms with Crippen LogP contribution in [0.4, 0.5) is 0 Å². The van der Waals surface area contributed by atoms with Crippen molar-refractivity contribution < 1.29 is 19.0 Å². The number of thiazole rings is 1. The monoisotopic (exact) mass is 584 g/mol. The Balaban J connectivity index is 1.92. The van der Waals surface area contributed by atoms with E-state index in [1.54, 1.807) is 18.4 Å². The van der Waals surface area contributed by atoms with Gasteiger partial charge in [0, 0.05) is 4.47 Å². The predicted octanol–water partition coefficient (Wildman–Crippen LogP) is 4.67. The maximum absolute atomic E-state index is 13.8. The van der Waals surface area contributed by atoms with Gasteiger partial charge in [-0.25, -0.2) is 9.79 Å². The van der Waals surface area contributed by atoms with E-state index in [-0.39, 0.29) is 12.2 Å². The minimum Gasteiger partial charge on any atom is -0.490 e. The normalized spacial score (nSPS) is 15.3. The minimum atomic E-state index is -0.638. The average molecular weight is 586 g/mol. The van der Waals surface area contributed by atoms with Gasteiger partial charge in [-0.15, -0.1) is 0 Å². The second-order valence-electron chi connectivity index (χ2n) is 8.40. The molecule has 0 N–H and O–H groups in total. The van der Waals surface area contributed by atoms with Crippen molar-refractivity contribution in [1.29, 1.82) is 0 Å². The molecule has 0 unspecified atom stereocenters. The van der Waals surface area contributed by atoms with E-state index in [0.29, 0.717) is 45.3 Å². The maximum atomic E-state index is 13.8. The number of carbonyl (C=O) groups is 1. The summed E-state index contributed by atoms with van der Waals surface area (Å²) < 4.78 is 19.7. The van der Waals surface area contributed by atoms with Crippen LogP contribution in [0.3, 0.4) is 0 Å². The van der Waals surface area contributed by atoms with Gasteiger partial charge in [-0.05, 0) is 64.0 Å². The van der Waals surface area contributed by atoms with E-state index in [2.05, 4.69) is 20.9 Å². The molecule has 0 fully saturated rings. The van der Waals surface area contributed by atoms with E-state index in [1.807, 2.05) is 63.2 Å². The van der Waals surface area contributed by atoms with Crippen molar-refractivity contribution >= 4 is 39.3 Å². The van der Waals surface area contributed by atoms with Gasteiger partial charge in [0.25, 0.3) is 5.56 Å². The van der Waals surface area contributed by atoms with Crippen LogP contribution in [0.1, 0.15) is 50.4 Å². The quantitative estimate of drug-likeness (QED) is 0.360. The molecule has 3 aromatic rings. The average Bonchev–Trinajstić information content (AvgIpc) is 3.16. The van der Waals surface area contributed by atoms with E-state index in [4.69, 9.17) is 14.2 Å². The van der Waals surface area contributed by atoms with Crippen LogP contribution in [0.15, 0.2) is 61.9 Å². The Morgan fingerprint density at radius 2 is 1.70 bits per heavy atom. The standard InChI is InChI=1S/C28H29BrN2O5S/c1-6-34-21-13-19(20(29)15-22(21)35-7-2)14-23-26(32)31-25(18-11-9-16(4)10-12-18)24(27(33)36-8-3)17(5)30-28(31)37-23/h9-15,25H,6-8H2,1-5H3/b23-14+/t25-/m0/s1. The summed E-state index contributed by atoms with van der Waals surface area (Å²) in [4.78, 5) is 32.0. The van der Waals surface area contributed by atoms with Crippen molar-refractivity contribution in [2.75, 3.05) is 19.8 Å². The summed E-state index contributed by atoms with van der Waals surface area (Å²) in [6.45, 7) is 10.6. The molecule has 1 aliphatic rings. The zero-order chi connectivity index (χ0) is 26.7. The highest BCUT2D eigenvalue weighted by molar-refractivity contribution is 9.10. The van der Waals surface area contributed by atoms with Crippen molar-refractivity contribution in [1.82, 2.24) is 4.57 Å². The number of ether oxygens (including phenoxy) is 3. The molecule has 7 nitrogen and oxygen atoms in total. The number of hydrogen-bond acceptors (Lipinski definition) is 7. The molecule has 2 aromatic carbocycles. The predicted molar refractivity (Wildman–Crippen MR) is 148 cm³/mol. The topological polar surface area (TPSA) is 79.1 Å². The molecule has 9 heteroatoms. The fraction of sp³-hybridized carbons (Fsp3) is 0.321. The Hall–Kier alpha value is -3.17. The van der Waals surface area contributed by atoms with E-state index < -0.39 is 12.0 Å². The van der Waals surface area contributed by atoms with Crippen LogP contribution in [-0.4, -0.2) is 30.4 Å². The molecule has 0 saturated carbocycles. The van der Waals surface area contributed by atoms with Crippen LogP contribution in [0.25, 0.3) is 6.08 Å². The Kier molecular flexibility index (Phi) is 8.34. The second kappa shape index (κ2) is 11.5. The van der Waals surface area contributed by atoms with Crippen LogP contribution < -0.4 is 24.4 Å². The lowest BCUT2D eigenvalue weighted by Crippen LogP contribution is -2.39. The van der Waals surface area contributed by atoms with E-state index in [0.717, 1.165) is 21.2 Å². The van der Waals surface area contributed by atoms with E-state index in [9.17, 15) is 9.59 Å². The summed E-state index contributed by atoms with van der Waals surface area (Å²) in [5.41, 5.74) is 3.34. The van der Waals surface area contributed by atoms with Gasteiger partial charge in [0.1, 0.15) is 0 Å². The Morgan fingerprint density at radius 1 is 1.05 bits per heavy atom. The maximum Gasteiger partial charge on any atom is 0.338 e. The SMILES string of the molecule is CCOC(=O)C1=C(C)N=c2s/c(=C/c3cc(OCC)c(OCC)cc3Br)c(=O)n2[C@H]1c1ccc(C)cc1. The van der Waals surface area contributed by atoms with Crippen LogP contribution in [-0.2, 0) is 9.53 Å². The number of aryl methyl sites for hydroxylation is 1. The molecule has 37 heavy (non-hydrogen) atoms. The third kappa shape index (κ3) is 5.43. The molecule has 0 saturated heterocycles. The summed E-state index contributed by atoms with van der Waals surface area (Å²) in [6, 6.07) is 10.9. The molecule has 0 spiro atoms. The first-order chi connectivity index (χ1) is 17.8. The smallest absolute Gasteiger partial charge is 0.338 e. The molecule has 0 aliphatic carbocycles. The highest BCUT2D eigenvalue weighted by atomic mass is 79.9. The second-order valence-corrected chi connectivity index (χ2v) is 10.3. The van der Waals surface area contributed by atoms with Gasteiger partial charge >= 0.3 is 5.97 Å². The number of esters is 1. The van der Waals surface area contributed by atoms with Gasteiger partial charge < -0.3 is 14.2 Å². The highest BCUT2D eigenvalue weighted by Gasteiger charge is 2.33. The summed E-state index contributed by atoms with van der Waals surface area (Å²) >= 11 is 4.88. The minimum absolute atomic E-state index is 0.231. The molecular weight excluding hydrogens is 556 g/mol. The van der Waals surface area contributed by atoms with Gasteiger partial charge in [0.15, 0.2) is 16.3 Å². The number of benzene rings is 2. The first-order valence-corrected chi connectivity index (χ1v) is 13.7. The zero-order valence-corrected chi connectivity index (χ0v) is 23.9. The Labute approximate surface area is 227 Å². The third-order valence-electron chi connectivity index (χ3n) is 5.86. The molecule has 4 rings (SSSR count). The molecule has 0 bridgehead atoms. The molecule has 1 aromatic heterocycles. The van der Waals surface area contributed by atoms with Gasteiger partial charge in [-0.1, -0.05) is 57.1 Å². The molecule has 194 valence electrons. The number of fused-ring (bicyclic) bond motifs is 1. The Bertz CT molecular complexity index is 1540. The largest absolute Gasteiger partial charge is 0.490 e. The van der Waals surface area contributed by atoms with Crippen molar-refractivity contribution in [3.63, 3.8) is 0 Å². The zero-order valence-electron chi connectivity index (χ0n) is 21.5. The van der Waals surface area contributed by atoms with E-state index in [1.165, 1.54) is 11.3 Å². The fourth-order valence-corrected chi connectivity index (χ4v) is 5.67. The van der Waals surface area contributed by atoms with Gasteiger partial charge in [0.2, 0.25) is 0 Å². The number of halogens is 1. The van der Waals surface area contributed by atoms with E-state index >= 15 is 0 Å². The van der Waals surface area contributed by atoms with Crippen LogP contribution >= 0.6 is 27.3 Å². The molecule has 1 atom stereocenters. The molecule has 2 heterocycles. The summed E-state index contributed by atoms with van der Waals surface area (Å²) in [5, 5.41) is 0. The number of hydrogen-bond donors (Lipinski definition) is 0. The first kappa shape index (κ1) is 26.9. The molecule has 1 aliphatic heterocycles. The van der Waals surface area contributed by atoms with Crippen molar-refractivity contribution in [2.24, 2.45) is 4.99 Å². The van der Waals surface area contributed by atoms with Gasteiger partial charge in [-0.3, -0.25) is 9.36 Å². The van der Waals surface area contributed by atoms with Crippen LogP contribution in [0, 0.1) is 6.92 Å². The summed E-state index contributed by atoms with van der Waals surface area (Å²) in [6.07, 6.45) is 1.81. The van der Waals surface area contributed by atoms with Crippen molar-refractivity contribution in [3.8, 4) is 11.5 Å². The first-order valence-electron chi connectivity index (χ1n) is 12.1. The third-order valence-corrected chi connectivity index (χ3v) is 7.53. The number of carbonyl (C=O) groups excluding carboxylic acids is 1. The van der Waals surface area contributed by atoms with Crippen LogP contribution in [0.5, 0.6) is 11.5 Å². The van der Waals surface area contributed by atoms with Crippen LogP contribution in [0.2, 0.25) is 0 Å². The number of allylic oxidation sites excluding steroid dienone is 1. The number of nitrogens with zero attached hydrogens (tertiary/aromatic N) is 2. The molecule has 0 amide bonds. The lowest BCUT2D eigenvalue weighted by Gasteiger charge is -2.24. The van der Waals surface area contributed by atoms with Gasteiger partial charge in [-0.2, -0.15) is 0 Å². The summed E-state index contributed by atoms with van der Waals surface area (Å²) in [7, 11) is 0. The van der Waals surface area contributed by atoms with Crippen molar-refractivity contribution in [3.05, 3.63) is 88.5 Å². The van der Waals surface area contributed by atoms with Gasteiger partial charge in [0.05, 0.1) is 41.7 Å². The molecular formula is C28H29BrN2O5S. The molecule has 0 radical (unpaired) electrons. The lowest BCUT2D eigenvalue weighted by molar-refractivity contribution is -0.139. The Morgan fingerprint density at radius 3 is 2.32 bits per heavy atom. The number of rotatable bonds is 8.